The molecule has 2 nitrogen and oxygen atoms in total. The molecule has 3 atom stereocenters. The lowest BCUT2D eigenvalue weighted by Crippen LogP contribution is -2.51. The number of hydrogen-bond donors (Lipinski definition) is 1. The summed E-state index contributed by atoms with van der Waals surface area (Å²) in [4.78, 5) is 2.77. The monoisotopic (exact) mass is 238 g/mol. The fraction of sp³-hybridized carbons (Fsp3) is 1.00. The molecule has 3 unspecified atom stereocenters. The van der Waals surface area contributed by atoms with Gasteiger partial charge < -0.3 is 5.32 Å². The number of rotatable bonds is 5. The third kappa shape index (κ3) is 3.23. The van der Waals surface area contributed by atoms with Gasteiger partial charge in [-0.05, 0) is 51.5 Å². The van der Waals surface area contributed by atoms with Crippen LogP contribution >= 0.6 is 0 Å². The molecule has 2 aliphatic rings. The zero-order chi connectivity index (χ0) is 12.4. The lowest BCUT2D eigenvalue weighted by atomic mass is 9.94. The van der Waals surface area contributed by atoms with Crippen LogP contribution in [0.5, 0.6) is 0 Å². The second kappa shape index (κ2) is 5.71. The third-order valence-corrected chi connectivity index (χ3v) is 4.66. The van der Waals surface area contributed by atoms with E-state index in [2.05, 4.69) is 37.9 Å². The molecule has 0 aromatic carbocycles. The van der Waals surface area contributed by atoms with Crippen LogP contribution in [0.25, 0.3) is 0 Å². The van der Waals surface area contributed by atoms with E-state index >= 15 is 0 Å². The highest BCUT2D eigenvalue weighted by Crippen LogP contribution is 2.31. The Morgan fingerprint density at radius 3 is 2.18 bits per heavy atom. The van der Waals surface area contributed by atoms with Gasteiger partial charge >= 0.3 is 0 Å². The molecular weight excluding hydrogens is 208 g/mol. The standard InChI is InChI=1S/C15H30N2/c1-5-17(12(4)8-11(2)3)15-9-13-6-7-14(10-15)16-13/h11-16H,5-10H2,1-4H3. The van der Waals surface area contributed by atoms with Gasteiger partial charge in [0.15, 0.2) is 0 Å². The predicted molar refractivity (Wildman–Crippen MR) is 74.3 cm³/mol. The van der Waals surface area contributed by atoms with E-state index in [0.29, 0.717) is 0 Å². The van der Waals surface area contributed by atoms with Gasteiger partial charge in [0.2, 0.25) is 0 Å². The largest absolute Gasteiger partial charge is 0.311 e. The quantitative estimate of drug-likeness (QED) is 0.792. The first kappa shape index (κ1) is 13.4. The Labute approximate surface area is 107 Å². The predicted octanol–water partition coefficient (Wildman–Crippen LogP) is 3.03. The maximum atomic E-state index is 3.75. The van der Waals surface area contributed by atoms with Crippen LogP contribution in [0.3, 0.4) is 0 Å². The van der Waals surface area contributed by atoms with Crippen molar-refractivity contribution in [1.82, 2.24) is 10.2 Å². The normalized spacial score (nSPS) is 34.6. The average Bonchev–Trinajstić information content (AvgIpc) is 2.58. The first-order valence-electron chi connectivity index (χ1n) is 7.62. The van der Waals surface area contributed by atoms with Crippen molar-refractivity contribution in [3.8, 4) is 0 Å². The van der Waals surface area contributed by atoms with Crippen molar-refractivity contribution in [2.45, 2.75) is 84.0 Å². The zero-order valence-electron chi connectivity index (χ0n) is 12.1. The van der Waals surface area contributed by atoms with E-state index in [1.165, 1.54) is 38.6 Å². The Morgan fingerprint density at radius 1 is 1.12 bits per heavy atom. The number of hydrogen-bond acceptors (Lipinski definition) is 2. The maximum absolute atomic E-state index is 3.75. The Balaban J connectivity index is 1.93. The second-order valence-electron chi connectivity index (χ2n) is 6.57. The van der Waals surface area contributed by atoms with Gasteiger partial charge in [0.1, 0.15) is 0 Å². The number of fused-ring (bicyclic) bond motifs is 2. The SMILES string of the molecule is CCN(C(C)CC(C)C)C1CC2CCC(C1)N2. The van der Waals surface area contributed by atoms with Gasteiger partial charge in [0.25, 0.3) is 0 Å². The summed E-state index contributed by atoms with van der Waals surface area (Å²) in [5.74, 6) is 0.817. The Kier molecular flexibility index (Phi) is 4.48. The lowest BCUT2D eigenvalue weighted by molar-refractivity contribution is 0.0966. The van der Waals surface area contributed by atoms with E-state index in [-0.39, 0.29) is 0 Å². The molecule has 0 saturated carbocycles. The summed E-state index contributed by atoms with van der Waals surface area (Å²) in [7, 11) is 0. The van der Waals surface area contributed by atoms with Gasteiger partial charge in [0.05, 0.1) is 0 Å². The molecule has 0 aromatic rings. The van der Waals surface area contributed by atoms with Crippen LogP contribution in [0.1, 0.15) is 59.8 Å². The van der Waals surface area contributed by atoms with Crippen molar-refractivity contribution >= 4 is 0 Å². The molecule has 0 aromatic heterocycles. The molecule has 17 heavy (non-hydrogen) atoms. The highest BCUT2D eigenvalue weighted by Gasteiger charge is 2.36. The van der Waals surface area contributed by atoms with Gasteiger partial charge in [-0.25, -0.2) is 0 Å². The summed E-state index contributed by atoms with van der Waals surface area (Å²) in [5, 5.41) is 3.75. The van der Waals surface area contributed by atoms with E-state index in [9.17, 15) is 0 Å². The molecule has 2 saturated heterocycles. The highest BCUT2D eigenvalue weighted by molar-refractivity contribution is 4.96. The Morgan fingerprint density at radius 2 is 1.71 bits per heavy atom. The van der Waals surface area contributed by atoms with Crippen LogP contribution in [0.15, 0.2) is 0 Å². The summed E-state index contributed by atoms with van der Waals surface area (Å²) >= 11 is 0. The zero-order valence-corrected chi connectivity index (χ0v) is 12.1. The van der Waals surface area contributed by atoms with E-state index in [1.807, 2.05) is 0 Å². The summed E-state index contributed by atoms with van der Waals surface area (Å²) < 4.78 is 0. The minimum Gasteiger partial charge on any atom is -0.311 e. The van der Waals surface area contributed by atoms with E-state index in [1.54, 1.807) is 0 Å². The molecule has 2 rings (SSSR count). The first-order valence-corrected chi connectivity index (χ1v) is 7.62. The summed E-state index contributed by atoms with van der Waals surface area (Å²) in [6.45, 7) is 10.7. The van der Waals surface area contributed by atoms with Crippen molar-refractivity contribution in [2.24, 2.45) is 5.92 Å². The molecule has 0 aliphatic carbocycles. The fourth-order valence-corrected chi connectivity index (χ4v) is 4.05. The minimum atomic E-state index is 0.752. The number of piperidine rings is 1. The van der Waals surface area contributed by atoms with Crippen molar-refractivity contribution in [3.63, 3.8) is 0 Å². The lowest BCUT2D eigenvalue weighted by Gasteiger charge is -2.41. The van der Waals surface area contributed by atoms with Gasteiger partial charge in [-0.15, -0.1) is 0 Å². The second-order valence-corrected chi connectivity index (χ2v) is 6.57. The van der Waals surface area contributed by atoms with Crippen molar-refractivity contribution in [2.75, 3.05) is 6.54 Å². The van der Waals surface area contributed by atoms with Crippen molar-refractivity contribution < 1.29 is 0 Å². The molecule has 2 heteroatoms. The Hall–Kier alpha value is -0.0800. The van der Waals surface area contributed by atoms with Gasteiger partial charge in [-0.1, -0.05) is 20.8 Å². The molecule has 0 spiro atoms. The molecule has 2 aliphatic heterocycles. The summed E-state index contributed by atoms with van der Waals surface area (Å²) in [6, 6.07) is 3.23. The average molecular weight is 238 g/mol. The smallest absolute Gasteiger partial charge is 0.0128 e. The molecule has 0 radical (unpaired) electrons. The molecule has 2 heterocycles. The first-order chi connectivity index (χ1) is 8.10. The van der Waals surface area contributed by atoms with Crippen LogP contribution in [-0.2, 0) is 0 Å². The molecule has 100 valence electrons. The fourth-order valence-electron chi connectivity index (χ4n) is 4.05. The molecule has 0 amide bonds. The van der Waals surface area contributed by atoms with Crippen LogP contribution < -0.4 is 5.32 Å². The summed E-state index contributed by atoms with van der Waals surface area (Å²) in [6.07, 6.45) is 6.93. The Bertz CT molecular complexity index is 227. The third-order valence-electron chi connectivity index (χ3n) is 4.66. The maximum Gasteiger partial charge on any atom is 0.0128 e. The van der Waals surface area contributed by atoms with Gasteiger partial charge in [-0.2, -0.15) is 0 Å². The van der Waals surface area contributed by atoms with Crippen molar-refractivity contribution in [1.29, 1.82) is 0 Å². The number of nitrogens with one attached hydrogen (secondary N) is 1. The minimum absolute atomic E-state index is 0.752. The summed E-state index contributed by atoms with van der Waals surface area (Å²) in [5.41, 5.74) is 0. The van der Waals surface area contributed by atoms with Crippen LogP contribution in [0, 0.1) is 5.92 Å². The molecule has 2 bridgehead atoms. The number of nitrogens with zero attached hydrogens (tertiary/aromatic N) is 1. The molecular formula is C15H30N2. The van der Waals surface area contributed by atoms with Crippen LogP contribution in [-0.4, -0.2) is 35.6 Å². The van der Waals surface area contributed by atoms with E-state index in [4.69, 9.17) is 0 Å². The topological polar surface area (TPSA) is 15.3 Å². The van der Waals surface area contributed by atoms with Gasteiger partial charge in [-0.3, -0.25) is 4.90 Å². The van der Waals surface area contributed by atoms with Crippen molar-refractivity contribution in [3.05, 3.63) is 0 Å². The highest BCUT2D eigenvalue weighted by atomic mass is 15.2. The van der Waals surface area contributed by atoms with Crippen LogP contribution in [0.4, 0.5) is 0 Å². The molecule has 2 fully saturated rings. The molecule has 1 N–H and O–H groups in total. The van der Waals surface area contributed by atoms with E-state index < -0.39 is 0 Å². The van der Waals surface area contributed by atoms with E-state index in [0.717, 1.165) is 30.1 Å². The van der Waals surface area contributed by atoms with Gasteiger partial charge in [0, 0.05) is 24.2 Å². The van der Waals surface area contributed by atoms with Crippen LogP contribution in [0.2, 0.25) is 0 Å².